The molecule has 9 heteroatoms. The molecule has 0 saturated carbocycles. The van der Waals surface area contributed by atoms with Gasteiger partial charge in [-0.2, -0.15) is 4.72 Å². The fraction of sp³-hybridized carbons (Fsp3) is 0.259. The highest BCUT2D eigenvalue weighted by Gasteiger charge is 2.27. The van der Waals surface area contributed by atoms with Crippen LogP contribution in [0.25, 0.3) is 21.7 Å². The lowest BCUT2D eigenvalue weighted by molar-refractivity contribution is -0.136. The lowest BCUT2D eigenvalue weighted by atomic mass is 10.1. The number of rotatable bonds is 9. The van der Waals surface area contributed by atoms with E-state index in [-0.39, 0.29) is 22.6 Å². The standard InChI is InChI=1S/C27H27NO7S/c1-4-5-6-24(28-36(31,32)20-11-7-17(2)8-12-20)27(30)34-19-10-14-22-21-13-9-18(33-3)15-23(21)26(29)35-25(22)16-19/h7-16,24,28H,4-6H2,1-3H3/t24-/m0/s1. The molecule has 1 N–H and O–H groups in total. The van der Waals surface area contributed by atoms with E-state index >= 15 is 0 Å². The Morgan fingerprint density at radius 1 is 0.972 bits per heavy atom. The Labute approximate surface area is 208 Å². The summed E-state index contributed by atoms with van der Waals surface area (Å²) in [6, 6.07) is 15.1. The number of carbonyl (C=O) groups is 1. The Kier molecular flexibility index (Phi) is 7.42. The lowest BCUT2D eigenvalue weighted by Crippen LogP contribution is -2.42. The van der Waals surface area contributed by atoms with Crippen LogP contribution in [0, 0.1) is 6.92 Å². The molecular weight excluding hydrogens is 482 g/mol. The molecule has 0 amide bonds. The number of esters is 1. The van der Waals surface area contributed by atoms with E-state index < -0.39 is 27.7 Å². The van der Waals surface area contributed by atoms with E-state index in [2.05, 4.69) is 4.72 Å². The van der Waals surface area contributed by atoms with E-state index in [9.17, 15) is 18.0 Å². The zero-order chi connectivity index (χ0) is 25.9. The third-order valence-electron chi connectivity index (χ3n) is 5.87. The van der Waals surface area contributed by atoms with Crippen LogP contribution in [-0.4, -0.2) is 27.5 Å². The predicted octanol–water partition coefficient (Wildman–Crippen LogP) is 4.71. The molecule has 4 rings (SSSR count). The Balaban J connectivity index is 1.61. The molecule has 1 heterocycles. The maximum absolute atomic E-state index is 13.0. The summed E-state index contributed by atoms with van der Waals surface area (Å²) in [5, 5.41) is 1.71. The van der Waals surface area contributed by atoms with Crippen molar-refractivity contribution in [2.24, 2.45) is 0 Å². The average Bonchev–Trinajstić information content (AvgIpc) is 2.86. The van der Waals surface area contributed by atoms with Crippen LogP contribution in [-0.2, 0) is 14.8 Å². The molecule has 3 aromatic carbocycles. The van der Waals surface area contributed by atoms with Crippen LogP contribution >= 0.6 is 0 Å². The van der Waals surface area contributed by atoms with Gasteiger partial charge in [-0.25, -0.2) is 18.0 Å². The quantitative estimate of drug-likeness (QED) is 0.151. The zero-order valence-corrected chi connectivity index (χ0v) is 21.1. The minimum absolute atomic E-state index is 0.0680. The first-order valence-corrected chi connectivity index (χ1v) is 13.1. The maximum atomic E-state index is 13.0. The molecule has 0 fully saturated rings. The molecule has 188 valence electrons. The van der Waals surface area contributed by atoms with Crippen molar-refractivity contribution in [1.82, 2.24) is 4.72 Å². The number of ether oxygens (including phenoxy) is 2. The molecule has 0 aliphatic heterocycles. The van der Waals surface area contributed by atoms with E-state index in [1.54, 1.807) is 42.5 Å². The molecule has 0 bridgehead atoms. The summed E-state index contributed by atoms with van der Waals surface area (Å²) in [4.78, 5) is 25.6. The highest BCUT2D eigenvalue weighted by atomic mass is 32.2. The molecule has 36 heavy (non-hydrogen) atoms. The monoisotopic (exact) mass is 509 g/mol. The van der Waals surface area contributed by atoms with E-state index in [4.69, 9.17) is 13.9 Å². The average molecular weight is 510 g/mol. The Bertz CT molecular complexity index is 1570. The van der Waals surface area contributed by atoms with Crippen molar-refractivity contribution < 1.29 is 27.1 Å². The number of nitrogens with one attached hydrogen (secondary N) is 1. The van der Waals surface area contributed by atoms with Crippen LogP contribution in [0.5, 0.6) is 11.5 Å². The lowest BCUT2D eigenvalue weighted by Gasteiger charge is -2.18. The van der Waals surface area contributed by atoms with E-state index in [0.717, 1.165) is 12.0 Å². The van der Waals surface area contributed by atoms with Gasteiger partial charge >= 0.3 is 11.6 Å². The Morgan fingerprint density at radius 3 is 2.36 bits per heavy atom. The van der Waals surface area contributed by atoms with Crippen molar-refractivity contribution in [3.63, 3.8) is 0 Å². The van der Waals surface area contributed by atoms with E-state index in [0.29, 0.717) is 28.3 Å². The van der Waals surface area contributed by atoms with Gasteiger partial charge in [0.2, 0.25) is 10.0 Å². The number of sulfonamides is 1. The third kappa shape index (κ3) is 5.42. The summed E-state index contributed by atoms with van der Waals surface area (Å²) in [5.74, 6) is -0.0724. The van der Waals surface area contributed by atoms with Crippen LogP contribution in [0.2, 0.25) is 0 Å². The summed E-state index contributed by atoms with van der Waals surface area (Å²) in [7, 11) is -2.42. The number of carbonyl (C=O) groups excluding carboxylic acids is 1. The summed E-state index contributed by atoms with van der Waals surface area (Å²) in [6.07, 6.45) is 1.67. The number of fused-ring (bicyclic) bond motifs is 3. The van der Waals surface area contributed by atoms with Gasteiger partial charge in [-0.05, 0) is 55.8 Å². The Morgan fingerprint density at radius 2 is 1.67 bits per heavy atom. The second-order valence-corrected chi connectivity index (χ2v) is 10.2. The molecule has 0 spiro atoms. The number of methoxy groups -OCH3 is 1. The van der Waals surface area contributed by atoms with Gasteiger partial charge < -0.3 is 13.9 Å². The minimum atomic E-state index is -3.94. The molecule has 0 saturated heterocycles. The first-order valence-electron chi connectivity index (χ1n) is 11.6. The summed E-state index contributed by atoms with van der Waals surface area (Å²) in [5.41, 5.74) is 0.616. The highest BCUT2D eigenvalue weighted by molar-refractivity contribution is 7.89. The third-order valence-corrected chi connectivity index (χ3v) is 7.36. The van der Waals surface area contributed by atoms with Gasteiger partial charge in [0.1, 0.15) is 23.1 Å². The number of hydrogen-bond donors (Lipinski definition) is 1. The summed E-state index contributed by atoms with van der Waals surface area (Å²) in [6.45, 7) is 3.80. The number of aryl methyl sites for hydroxylation is 1. The van der Waals surface area contributed by atoms with Gasteiger partial charge in [0.25, 0.3) is 0 Å². The van der Waals surface area contributed by atoms with Crippen LogP contribution in [0.15, 0.2) is 74.8 Å². The van der Waals surface area contributed by atoms with Gasteiger partial charge in [0.15, 0.2) is 0 Å². The number of unbranched alkanes of at least 4 members (excludes halogenated alkanes) is 1. The molecular formula is C27H27NO7S. The number of benzene rings is 3. The molecule has 8 nitrogen and oxygen atoms in total. The molecule has 1 aromatic heterocycles. The topological polar surface area (TPSA) is 112 Å². The fourth-order valence-electron chi connectivity index (χ4n) is 3.88. The molecule has 0 radical (unpaired) electrons. The normalized spacial score (nSPS) is 12.5. The SMILES string of the molecule is CCCC[C@H](NS(=O)(=O)c1ccc(C)cc1)C(=O)Oc1ccc2c(c1)oc(=O)c1cc(OC)ccc12. The van der Waals surface area contributed by atoms with Crippen molar-refractivity contribution in [3.05, 3.63) is 76.6 Å². The smallest absolute Gasteiger partial charge is 0.344 e. The minimum Gasteiger partial charge on any atom is -0.497 e. The first-order chi connectivity index (χ1) is 17.2. The van der Waals surface area contributed by atoms with Gasteiger partial charge in [-0.1, -0.05) is 37.5 Å². The van der Waals surface area contributed by atoms with Crippen LogP contribution in [0.4, 0.5) is 0 Å². The second-order valence-electron chi connectivity index (χ2n) is 8.51. The zero-order valence-electron chi connectivity index (χ0n) is 20.2. The number of hydrogen-bond acceptors (Lipinski definition) is 7. The van der Waals surface area contributed by atoms with Gasteiger partial charge in [0.05, 0.1) is 17.4 Å². The van der Waals surface area contributed by atoms with Gasteiger partial charge in [-0.15, -0.1) is 0 Å². The van der Waals surface area contributed by atoms with Crippen molar-refractivity contribution in [2.75, 3.05) is 7.11 Å². The van der Waals surface area contributed by atoms with Crippen LogP contribution < -0.4 is 19.8 Å². The molecule has 4 aromatic rings. The largest absolute Gasteiger partial charge is 0.497 e. The van der Waals surface area contributed by atoms with Gasteiger partial charge in [0, 0.05) is 16.8 Å². The van der Waals surface area contributed by atoms with Crippen molar-refractivity contribution in [3.8, 4) is 11.5 Å². The molecule has 0 unspecified atom stereocenters. The second kappa shape index (κ2) is 10.5. The van der Waals surface area contributed by atoms with E-state index in [1.807, 2.05) is 13.8 Å². The Hall–Kier alpha value is -3.69. The fourth-order valence-corrected chi connectivity index (χ4v) is 5.09. The highest BCUT2D eigenvalue weighted by Crippen LogP contribution is 2.29. The van der Waals surface area contributed by atoms with Crippen molar-refractivity contribution in [2.45, 2.75) is 44.0 Å². The predicted molar refractivity (Wildman–Crippen MR) is 137 cm³/mol. The van der Waals surface area contributed by atoms with Crippen molar-refractivity contribution in [1.29, 1.82) is 0 Å². The van der Waals surface area contributed by atoms with E-state index in [1.165, 1.54) is 25.3 Å². The molecule has 1 atom stereocenters. The van der Waals surface area contributed by atoms with Crippen molar-refractivity contribution >= 4 is 37.7 Å². The van der Waals surface area contributed by atoms with Gasteiger partial charge in [-0.3, -0.25) is 0 Å². The van der Waals surface area contributed by atoms with Crippen LogP contribution in [0.3, 0.4) is 0 Å². The first kappa shape index (κ1) is 25.4. The maximum Gasteiger partial charge on any atom is 0.344 e. The molecule has 0 aliphatic carbocycles. The van der Waals surface area contributed by atoms with Crippen LogP contribution in [0.1, 0.15) is 31.7 Å². The summed E-state index contributed by atoms with van der Waals surface area (Å²) < 4.78 is 44.4. The summed E-state index contributed by atoms with van der Waals surface area (Å²) >= 11 is 0. The molecule has 0 aliphatic rings.